The molecule has 0 bridgehead atoms. The van der Waals surface area contributed by atoms with Crippen molar-refractivity contribution in [1.29, 1.82) is 0 Å². The van der Waals surface area contributed by atoms with Gasteiger partial charge in [-0.15, -0.1) is 0 Å². The Kier molecular flexibility index (Phi) is 3.66. The number of benzene rings is 1. The van der Waals surface area contributed by atoms with Crippen molar-refractivity contribution in [2.75, 3.05) is 18.0 Å². The number of anilines is 1. The average Bonchev–Trinajstić information content (AvgIpc) is 3.14. The molecule has 0 N–H and O–H groups in total. The molecule has 1 unspecified atom stereocenters. The molecule has 2 aromatic rings. The summed E-state index contributed by atoms with van der Waals surface area (Å²) in [5.74, 6) is 0.337. The number of ether oxygens (including phenoxy) is 1. The van der Waals surface area contributed by atoms with Gasteiger partial charge in [0.15, 0.2) is 0 Å². The van der Waals surface area contributed by atoms with Crippen LogP contribution in [0.1, 0.15) is 29.3 Å². The lowest BCUT2D eigenvalue weighted by molar-refractivity contribution is 0.0923. The average molecular weight is 338 g/mol. The van der Waals surface area contributed by atoms with Crippen LogP contribution in [0.5, 0.6) is 0 Å². The monoisotopic (exact) mass is 337 g/mol. The van der Waals surface area contributed by atoms with Gasteiger partial charge in [-0.05, 0) is 35.7 Å². The number of hydrogen-bond acceptors (Lipinski definition) is 4. The molecule has 2 aliphatic heterocycles. The standard InChI is InChI=1S/C16H14ClF2N3O/c17-16-20-13-12(15(21-16)22-6-5-11(19)7-22)8-23-14(13)9-1-3-10(18)4-2-9/h1-4,11,14H,5-8H2/t11-,14?/m0/s1. The predicted octanol–water partition coefficient (Wildman–Crippen LogP) is 3.44. The molecule has 1 aromatic carbocycles. The van der Waals surface area contributed by atoms with E-state index in [4.69, 9.17) is 16.3 Å². The fraction of sp³-hybridized carbons (Fsp3) is 0.375. The summed E-state index contributed by atoms with van der Waals surface area (Å²) in [5.41, 5.74) is 2.31. The molecule has 0 spiro atoms. The molecule has 1 aromatic heterocycles. The van der Waals surface area contributed by atoms with Gasteiger partial charge in [0.05, 0.1) is 18.8 Å². The second kappa shape index (κ2) is 5.69. The molecule has 3 heterocycles. The maximum atomic E-state index is 13.5. The van der Waals surface area contributed by atoms with Gasteiger partial charge in [-0.3, -0.25) is 0 Å². The van der Waals surface area contributed by atoms with Gasteiger partial charge >= 0.3 is 0 Å². The summed E-state index contributed by atoms with van der Waals surface area (Å²) in [6, 6.07) is 6.10. The maximum Gasteiger partial charge on any atom is 0.224 e. The first-order chi connectivity index (χ1) is 11.1. The van der Waals surface area contributed by atoms with Gasteiger partial charge < -0.3 is 9.64 Å². The van der Waals surface area contributed by atoms with E-state index in [1.807, 2.05) is 4.90 Å². The van der Waals surface area contributed by atoms with Crippen LogP contribution in [0, 0.1) is 5.82 Å². The number of alkyl halides is 1. The molecule has 4 nitrogen and oxygen atoms in total. The summed E-state index contributed by atoms with van der Waals surface area (Å²) >= 11 is 6.06. The van der Waals surface area contributed by atoms with Crippen LogP contribution in [0.3, 0.4) is 0 Å². The lowest BCUT2D eigenvalue weighted by Gasteiger charge is -2.19. The molecule has 2 aliphatic rings. The molecule has 0 aliphatic carbocycles. The quantitative estimate of drug-likeness (QED) is 0.787. The summed E-state index contributed by atoms with van der Waals surface area (Å²) in [5, 5.41) is 0.110. The SMILES string of the molecule is Fc1ccc(C2OCc3c2nc(Cl)nc3N2CC[C@H](F)C2)cc1. The van der Waals surface area contributed by atoms with Gasteiger partial charge in [0.1, 0.15) is 23.9 Å². The highest BCUT2D eigenvalue weighted by Gasteiger charge is 2.34. The Balaban J connectivity index is 1.74. The van der Waals surface area contributed by atoms with Crippen LogP contribution in [-0.2, 0) is 11.3 Å². The third kappa shape index (κ3) is 2.66. The van der Waals surface area contributed by atoms with Gasteiger partial charge in [0.25, 0.3) is 0 Å². The van der Waals surface area contributed by atoms with Crippen LogP contribution in [-0.4, -0.2) is 29.2 Å². The summed E-state index contributed by atoms with van der Waals surface area (Å²) in [6.45, 7) is 1.24. The van der Waals surface area contributed by atoms with E-state index >= 15 is 0 Å². The van der Waals surface area contributed by atoms with Crippen molar-refractivity contribution in [2.24, 2.45) is 0 Å². The zero-order valence-corrected chi connectivity index (χ0v) is 12.9. The number of rotatable bonds is 2. The second-order valence-electron chi connectivity index (χ2n) is 5.75. The Morgan fingerprint density at radius 1 is 1.22 bits per heavy atom. The van der Waals surface area contributed by atoms with Crippen molar-refractivity contribution >= 4 is 17.4 Å². The van der Waals surface area contributed by atoms with Crippen molar-refractivity contribution in [2.45, 2.75) is 25.3 Å². The van der Waals surface area contributed by atoms with Crippen molar-refractivity contribution in [3.63, 3.8) is 0 Å². The van der Waals surface area contributed by atoms with Crippen LogP contribution < -0.4 is 4.90 Å². The van der Waals surface area contributed by atoms with Gasteiger partial charge in [-0.2, -0.15) is 0 Å². The van der Waals surface area contributed by atoms with Crippen molar-refractivity contribution < 1.29 is 13.5 Å². The van der Waals surface area contributed by atoms with E-state index < -0.39 is 12.3 Å². The molecule has 0 amide bonds. The molecular weight excluding hydrogens is 324 g/mol. The van der Waals surface area contributed by atoms with Crippen LogP contribution in [0.4, 0.5) is 14.6 Å². The van der Waals surface area contributed by atoms with E-state index in [2.05, 4.69) is 9.97 Å². The molecule has 120 valence electrons. The molecule has 4 rings (SSSR count). The third-order valence-electron chi connectivity index (χ3n) is 4.24. The Hall–Kier alpha value is -1.79. The minimum absolute atomic E-state index is 0.110. The molecule has 23 heavy (non-hydrogen) atoms. The van der Waals surface area contributed by atoms with Crippen molar-refractivity contribution in [3.8, 4) is 0 Å². The highest BCUT2D eigenvalue weighted by atomic mass is 35.5. The van der Waals surface area contributed by atoms with E-state index in [1.165, 1.54) is 12.1 Å². The van der Waals surface area contributed by atoms with Gasteiger partial charge in [0, 0.05) is 12.1 Å². The predicted molar refractivity (Wildman–Crippen MR) is 81.8 cm³/mol. The van der Waals surface area contributed by atoms with Crippen molar-refractivity contribution in [1.82, 2.24) is 9.97 Å². The first-order valence-corrected chi connectivity index (χ1v) is 7.82. The van der Waals surface area contributed by atoms with E-state index in [1.54, 1.807) is 12.1 Å². The molecule has 1 fully saturated rings. The number of nitrogens with zero attached hydrogens (tertiary/aromatic N) is 3. The molecule has 2 atom stereocenters. The fourth-order valence-corrected chi connectivity index (χ4v) is 3.30. The summed E-state index contributed by atoms with van der Waals surface area (Å²) in [7, 11) is 0. The molecule has 1 saturated heterocycles. The first-order valence-electron chi connectivity index (χ1n) is 7.44. The fourth-order valence-electron chi connectivity index (χ4n) is 3.13. The largest absolute Gasteiger partial charge is 0.362 e. The second-order valence-corrected chi connectivity index (χ2v) is 6.09. The summed E-state index contributed by atoms with van der Waals surface area (Å²) in [4.78, 5) is 10.5. The van der Waals surface area contributed by atoms with Gasteiger partial charge in [0.2, 0.25) is 5.28 Å². The van der Waals surface area contributed by atoms with E-state index in [0.717, 1.165) is 11.1 Å². The van der Waals surface area contributed by atoms with Crippen LogP contribution in [0.25, 0.3) is 0 Å². The summed E-state index contributed by atoms with van der Waals surface area (Å²) < 4.78 is 32.4. The Labute approximate surface area is 137 Å². The Bertz CT molecular complexity index is 741. The lowest BCUT2D eigenvalue weighted by Crippen LogP contribution is -2.23. The topological polar surface area (TPSA) is 38.3 Å². The summed E-state index contributed by atoms with van der Waals surface area (Å²) in [6.07, 6.45) is -0.776. The normalized spacial score (nSPS) is 23.3. The van der Waals surface area contributed by atoms with Crippen LogP contribution in [0.15, 0.2) is 24.3 Å². The maximum absolute atomic E-state index is 13.5. The third-order valence-corrected chi connectivity index (χ3v) is 4.40. The van der Waals surface area contributed by atoms with Gasteiger partial charge in [-0.1, -0.05) is 12.1 Å². The zero-order valence-electron chi connectivity index (χ0n) is 12.2. The molecular formula is C16H14ClF2N3O. The Morgan fingerprint density at radius 3 is 2.70 bits per heavy atom. The Morgan fingerprint density at radius 2 is 2.00 bits per heavy atom. The van der Waals surface area contributed by atoms with Crippen molar-refractivity contribution in [3.05, 3.63) is 52.2 Å². The number of aromatic nitrogens is 2. The lowest BCUT2D eigenvalue weighted by atomic mass is 10.0. The first kappa shape index (κ1) is 14.8. The number of hydrogen-bond donors (Lipinski definition) is 0. The molecule has 7 heteroatoms. The van der Waals surface area contributed by atoms with Crippen LogP contribution >= 0.6 is 11.6 Å². The van der Waals surface area contributed by atoms with E-state index in [9.17, 15) is 8.78 Å². The number of halogens is 3. The van der Waals surface area contributed by atoms with Gasteiger partial charge in [-0.25, -0.2) is 18.7 Å². The van der Waals surface area contributed by atoms with E-state index in [0.29, 0.717) is 37.6 Å². The minimum atomic E-state index is -0.852. The number of fused-ring (bicyclic) bond motifs is 1. The molecule has 0 radical (unpaired) electrons. The molecule has 0 saturated carbocycles. The van der Waals surface area contributed by atoms with Crippen LogP contribution in [0.2, 0.25) is 5.28 Å². The minimum Gasteiger partial charge on any atom is -0.362 e. The van der Waals surface area contributed by atoms with E-state index in [-0.39, 0.29) is 11.1 Å². The smallest absolute Gasteiger partial charge is 0.224 e. The zero-order chi connectivity index (χ0) is 16.0. The highest BCUT2D eigenvalue weighted by molar-refractivity contribution is 6.28. The highest BCUT2D eigenvalue weighted by Crippen LogP contribution is 2.39.